The van der Waals surface area contributed by atoms with Crippen molar-refractivity contribution in [3.63, 3.8) is 0 Å². The molecule has 1 saturated carbocycles. The number of rotatable bonds is 10. The smallest absolute Gasteiger partial charge is 0.328 e. The minimum Gasteiger partial charge on any atom is -0.467 e. The lowest BCUT2D eigenvalue weighted by atomic mass is 9.85. The fraction of sp³-hybridized carbons (Fsp3) is 0.625. The number of nitrogens with one attached hydrogen (secondary N) is 2. The van der Waals surface area contributed by atoms with Gasteiger partial charge in [-0.1, -0.05) is 62.4 Å². The number of carbonyl (C=O) groups is 3. The number of amides is 2. The van der Waals surface area contributed by atoms with E-state index < -0.39 is 18.1 Å². The van der Waals surface area contributed by atoms with Crippen LogP contribution in [0.2, 0.25) is 0 Å². The second kappa shape index (κ2) is 11.8. The summed E-state index contributed by atoms with van der Waals surface area (Å²) < 4.78 is 10.9. The van der Waals surface area contributed by atoms with Crippen LogP contribution in [0.4, 0.5) is 0 Å². The number of hydrogen-bond acceptors (Lipinski definition) is 5. The summed E-state index contributed by atoms with van der Waals surface area (Å²) in [6.45, 7) is 0.926. The van der Waals surface area contributed by atoms with Crippen molar-refractivity contribution in [3.05, 3.63) is 35.9 Å². The summed E-state index contributed by atoms with van der Waals surface area (Å²) in [7, 11) is 1.29. The van der Waals surface area contributed by atoms with Gasteiger partial charge in [0.2, 0.25) is 11.8 Å². The van der Waals surface area contributed by atoms with Crippen LogP contribution in [-0.2, 0) is 30.5 Å². The summed E-state index contributed by atoms with van der Waals surface area (Å²) in [5.74, 6) is -0.783. The molecule has 0 spiro atoms. The Balaban J connectivity index is 1.66. The minimum atomic E-state index is -0.861. The molecule has 0 unspecified atom stereocenters. The lowest BCUT2D eigenvalue weighted by molar-refractivity contribution is -0.148. The quantitative estimate of drug-likeness (QED) is 0.557. The van der Waals surface area contributed by atoms with Gasteiger partial charge in [-0.2, -0.15) is 0 Å². The number of hydrogen-bond donors (Lipinski definition) is 2. The van der Waals surface area contributed by atoms with Crippen molar-refractivity contribution in [2.45, 2.75) is 70.1 Å². The van der Waals surface area contributed by atoms with Gasteiger partial charge in [0.05, 0.1) is 13.7 Å². The Labute approximate surface area is 184 Å². The molecule has 2 N–H and O–H groups in total. The van der Waals surface area contributed by atoms with Crippen LogP contribution < -0.4 is 10.6 Å². The zero-order chi connectivity index (χ0) is 22.1. The summed E-state index contributed by atoms with van der Waals surface area (Å²) in [6.07, 6.45) is 6.67. The predicted octanol–water partition coefficient (Wildman–Crippen LogP) is 2.73. The third-order valence-electron chi connectivity index (χ3n) is 6.34. The summed E-state index contributed by atoms with van der Waals surface area (Å²) in [5.41, 5.74) is 0.996. The molecule has 170 valence electrons. The minimum absolute atomic E-state index is 0.0813. The monoisotopic (exact) mass is 430 g/mol. The van der Waals surface area contributed by atoms with Gasteiger partial charge in [0.1, 0.15) is 12.1 Å². The van der Waals surface area contributed by atoms with E-state index in [1.54, 1.807) is 0 Å². The van der Waals surface area contributed by atoms with Gasteiger partial charge in [0.25, 0.3) is 0 Å². The Hall–Kier alpha value is -2.41. The fourth-order valence-corrected chi connectivity index (χ4v) is 4.52. The van der Waals surface area contributed by atoms with Gasteiger partial charge < -0.3 is 20.1 Å². The number of methoxy groups -OCH3 is 1. The van der Waals surface area contributed by atoms with Crippen molar-refractivity contribution in [1.82, 2.24) is 10.6 Å². The van der Waals surface area contributed by atoms with Crippen molar-refractivity contribution < 1.29 is 23.9 Å². The summed E-state index contributed by atoms with van der Waals surface area (Å²) in [6, 6.07) is 8.89. The van der Waals surface area contributed by atoms with E-state index in [9.17, 15) is 14.4 Å². The molecule has 1 aromatic carbocycles. The molecule has 1 heterocycles. The van der Waals surface area contributed by atoms with Crippen LogP contribution in [0.1, 0.15) is 56.9 Å². The molecule has 0 aromatic heterocycles. The van der Waals surface area contributed by atoms with E-state index >= 15 is 0 Å². The predicted molar refractivity (Wildman–Crippen MR) is 116 cm³/mol. The van der Waals surface area contributed by atoms with Crippen LogP contribution >= 0.6 is 0 Å². The standard InChI is InChI=1S/C24H34N2O5/c1-30-24(29)20(15-19-12-13-25-22(19)27)26-23(28)21(14-17-8-4-2-5-9-17)31-16-18-10-6-3-7-11-18/h3,6-7,10-11,17,19-21H,2,4-5,8-9,12-16H2,1H3,(H,25,27)(H,26,28)/t19-,20-,21-/m0/s1. The van der Waals surface area contributed by atoms with Crippen molar-refractivity contribution in [1.29, 1.82) is 0 Å². The van der Waals surface area contributed by atoms with E-state index in [1.165, 1.54) is 26.4 Å². The van der Waals surface area contributed by atoms with Crippen LogP contribution in [0.25, 0.3) is 0 Å². The summed E-state index contributed by atoms with van der Waals surface area (Å²) >= 11 is 0. The number of ether oxygens (including phenoxy) is 2. The molecule has 0 radical (unpaired) electrons. The maximum Gasteiger partial charge on any atom is 0.328 e. The molecule has 2 aliphatic rings. The fourth-order valence-electron chi connectivity index (χ4n) is 4.52. The molecule has 0 bridgehead atoms. The number of esters is 1. The van der Waals surface area contributed by atoms with Gasteiger partial charge in [-0.3, -0.25) is 9.59 Å². The Morgan fingerprint density at radius 3 is 2.48 bits per heavy atom. The van der Waals surface area contributed by atoms with Gasteiger partial charge in [-0.05, 0) is 30.7 Å². The largest absolute Gasteiger partial charge is 0.467 e. The Morgan fingerprint density at radius 1 is 1.10 bits per heavy atom. The molecule has 2 amide bonds. The Kier molecular flexibility index (Phi) is 8.88. The lowest BCUT2D eigenvalue weighted by Gasteiger charge is -2.27. The molecular weight excluding hydrogens is 396 g/mol. The summed E-state index contributed by atoms with van der Waals surface area (Å²) in [5, 5.41) is 5.59. The second-order valence-corrected chi connectivity index (χ2v) is 8.62. The van der Waals surface area contributed by atoms with E-state index in [1.807, 2.05) is 30.3 Å². The molecule has 31 heavy (non-hydrogen) atoms. The van der Waals surface area contributed by atoms with Crippen LogP contribution in [0.5, 0.6) is 0 Å². The van der Waals surface area contributed by atoms with Crippen molar-refractivity contribution >= 4 is 17.8 Å². The molecule has 3 rings (SSSR count). The van der Waals surface area contributed by atoms with Gasteiger partial charge in [0.15, 0.2) is 0 Å². The van der Waals surface area contributed by atoms with Crippen molar-refractivity contribution in [2.24, 2.45) is 11.8 Å². The van der Waals surface area contributed by atoms with Crippen LogP contribution in [0, 0.1) is 11.8 Å². The maximum absolute atomic E-state index is 13.2. The van der Waals surface area contributed by atoms with Gasteiger partial charge in [-0.25, -0.2) is 4.79 Å². The number of carbonyl (C=O) groups excluding carboxylic acids is 3. The molecule has 1 aliphatic carbocycles. The van der Waals surface area contributed by atoms with E-state index in [0.29, 0.717) is 31.9 Å². The first kappa shape index (κ1) is 23.3. The second-order valence-electron chi connectivity index (χ2n) is 8.62. The molecule has 2 fully saturated rings. The first-order chi connectivity index (χ1) is 15.1. The Morgan fingerprint density at radius 2 is 1.84 bits per heavy atom. The third kappa shape index (κ3) is 7.06. The molecule has 1 saturated heterocycles. The first-order valence-corrected chi connectivity index (χ1v) is 11.4. The highest BCUT2D eigenvalue weighted by molar-refractivity contribution is 5.88. The average Bonchev–Trinajstić information content (AvgIpc) is 3.21. The first-order valence-electron chi connectivity index (χ1n) is 11.4. The highest BCUT2D eigenvalue weighted by Gasteiger charge is 2.34. The van der Waals surface area contributed by atoms with Crippen molar-refractivity contribution in [3.8, 4) is 0 Å². The molecule has 7 heteroatoms. The van der Waals surface area contributed by atoms with Crippen LogP contribution in [0.15, 0.2) is 30.3 Å². The van der Waals surface area contributed by atoms with Crippen LogP contribution in [0.3, 0.4) is 0 Å². The van der Waals surface area contributed by atoms with Crippen LogP contribution in [-0.4, -0.2) is 43.6 Å². The van der Waals surface area contributed by atoms with E-state index in [-0.39, 0.29) is 24.2 Å². The molecule has 1 aliphatic heterocycles. The van der Waals surface area contributed by atoms with Gasteiger partial charge >= 0.3 is 5.97 Å². The third-order valence-corrected chi connectivity index (χ3v) is 6.34. The normalized spacial score (nSPS) is 21.2. The molecule has 1 aromatic rings. The van der Waals surface area contributed by atoms with Crippen molar-refractivity contribution in [2.75, 3.05) is 13.7 Å². The SMILES string of the molecule is COC(=O)[C@H](C[C@@H]1CCNC1=O)NC(=O)[C@H](CC1CCCCC1)OCc1ccccc1. The molecule has 3 atom stereocenters. The highest BCUT2D eigenvalue weighted by atomic mass is 16.5. The zero-order valence-corrected chi connectivity index (χ0v) is 18.3. The topological polar surface area (TPSA) is 93.7 Å². The van der Waals surface area contributed by atoms with E-state index in [2.05, 4.69) is 10.6 Å². The average molecular weight is 431 g/mol. The lowest BCUT2D eigenvalue weighted by Crippen LogP contribution is -2.48. The number of benzene rings is 1. The van der Waals surface area contributed by atoms with Gasteiger partial charge in [-0.15, -0.1) is 0 Å². The highest BCUT2D eigenvalue weighted by Crippen LogP contribution is 2.28. The summed E-state index contributed by atoms with van der Waals surface area (Å²) in [4.78, 5) is 37.5. The van der Waals surface area contributed by atoms with Gasteiger partial charge in [0, 0.05) is 12.5 Å². The maximum atomic E-state index is 13.2. The van der Waals surface area contributed by atoms with E-state index in [4.69, 9.17) is 9.47 Å². The van der Waals surface area contributed by atoms with E-state index in [0.717, 1.165) is 18.4 Å². The molecular formula is C24H34N2O5. The Bertz CT molecular complexity index is 733. The molecule has 7 nitrogen and oxygen atoms in total. The zero-order valence-electron chi connectivity index (χ0n) is 18.3.